The van der Waals surface area contributed by atoms with Gasteiger partial charge in [-0.05, 0) is 35.2 Å². The minimum absolute atomic E-state index is 0.0645. The lowest BCUT2D eigenvalue weighted by molar-refractivity contribution is 0.0716. The molecule has 3 aromatic heterocycles. The van der Waals surface area contributed by atoms with E-state index in [2.05, 4.69) is 10.5 Å². The maximum atomic E-state index is 12.1. The first-order chi connectivity index (χ1) is 10.6. The number of carbonyl (C=O) groups excluding carboxylic acids is 1. The van der Waals surface area contributed by atoms with Crippen molar-refractivity contribution in [3.63, 3.8) is 0 Å². The molecular weight excluding hydrogens is 320 g/mol. The summed E-state index contributed by atoms with van der Waals surface area (Å²) >= 11 is 2.95. The van der Waals surface area contributed by atoms with E-state index in [0.29, 0.717) is 5.76 Å². The van der Waals surface area contributed by atoms with Crippen LogP contribution in [0.2, 0.25) is 0 Å². The number of aliphatic hydroxyl groups is 1. The summed E-state index contributed by atoms with van der Waals surface area (Å²) in [5.74, 6) is 0.193. The first kappa shape index (κ1) is 15.0. The van der Waals surface area contributed by atoms with E-state index in [-0.39, 0.29) is 18.1 Å². The van der Waals surface area contributed by atoms with E-state index in [1.165, 1.54) is 22.7 Å². The molecule has 0 saturated carbocycles. The van der Waals surface area contributed by atoms with Gasteiger partial charge in [0.2, 0.25) is 0 Å². The lowest BCUT2D eigenvalue weighted by Gasteiger charge is -2.26. The Kier molecular flexibility index (Phi) is 4.10. The van der Waals surface area contributed by atoms with Crippen LogP contribution in [0, 0.1) is 6.92 Å². The SMILES string of the molecule is Cc1cc(C(=O)NC[C@](O)(c2ccsc2)c2cccs2)no1. The van der Waals surface area contributed by atoms with Crippen molar-refractivity contribution in [1.82, 2.24) is 10.5 Å². The van der Waals surface area contributed by atoms with E-state index in [9.17, 15) is 9.90 Å². The highest BCUT2D eigenvalue weighted by atomic mass is 32.1. The van der Waals surface area contributed by atoms with Gasteiger partial charge in [0.1, 0.15) is 11.4 Å². The molecule has 0 unspecified atom stereocenters. The van der Waals surface area contributed by atoms with Crippen LogP contribution in [0.4, 0.5) is 0 Å². The molecule has 0 aliphatic heterocycles. The monoisotopic (exact) mass is 334 g/mol. The minimum atomic E-state index is -1.25. The van der Waals surface area contributed by atoms with E-state index in [4.69, 9.17) is 4.52 Å². The summed E-state index contributed by atoms with van der Waals surface area (Å²) in [4.78, 5) is 12.9. The first-order valence-corrected chi connectivity index (χ1v) is 8.42. The zero-order valence-corrected chi connectivity index (χ0v) is 13.4. The van der Waals surface area contributed by atoms with Gasteiger partial charge in [0.25, 0.3) is 5.91 Å². The topological polar surface area (TPSA) is 75.4 Å². The van der Waals surface area contributed by atoms with Crippen LogP contribution in [0.3, 0.4) is 0 Å². The zero-order chi connectivity index (χ0) is 15.6. The fourth-order valence-corrected chi connectivity index (χ4v) is 3.69. The van der Waals surface area contributed by atoms with Crippen molar-refractivity contribution in [2.75, 3.05) is 6.54 Å². The highest BCUT2D eigenvalue weighted by Gasteiger charge is 2.34. The Labute approximate surface area is 135 Å². The van der Waals surface area contributed by atoms with Crippen LogP contribution >= 0.6 is 22.7 Å². The van der Waals surface area contributed by atoms with E-state index < -0.39 is 5.60 Å². The third kappa shape index (κ3) is 2.83. The maximum absolute atomic E-state index is 12.1. The van der Waals surface area contributed by atoms with E-state index in [1.54, 1.807) is 13.0 Å². The average molecular weight is 334 g/mol. The fraction of sp³-hybridized carbons (Fsp3) is 0.200. The molecule has 3 heterocycles. The smallest absolute Gasteiger partial charge is 0.273 e. The average Bonchev–Trinajstić information content (AvgIpc) is 3.24. The minimum Gasteiger partial charge on any atom is -0.378 e. The van der Waals surface area contributed by atoms with Gasteiger partial charge in [-0.2, -0.15) is 11.3 Å². The standard InChI is InChI=1S/C15H14N2O3S2/c1-10-7-12(17-20-10)14(18)16-9-15(19,11-4-6-21-8-11)13-3-2-5-22-13/h2-8,19H,9H2,1H3,(H,16,18)/t15-/m0/s1. The van der Waals surface area contributed by atoms with Crippen LogP contribution < -0.4 is 5.32 Å². The van der Waals surface area contributed by atoms with Gasteiger partial charge in [-0.15, -0.1) is 11.3 Å². The quantitative estimate of drug-likeness (QED) is 0.752. The number of aryl methyl sites for hydroxylation is 1. The molecule has 22 heavy (non-hydrogen) atoms. The predicted molar refractivity (Wildman–Crippen MR) is 85.2 cm³/mol. The third-order valence-electron chi connectivity index (χ3n) is 3.29. The molecule has 3 rings (SSSR count). The number of hydrogen-bond donors (Lipinski definition) is 2. The lowest BCUT2D eigenvalue weighted by Crippen LogP contribution is -2.41. The van der Waals surface area contributed by atoms with Crippen molar-refractivity contribution < 1.29 is 14.4 Å². The third-order valence-corrected chi connectivity index (χ3v) is 5.00. The summed E-state index contributed by atoms with van der Waals surface area (Å²) in [5, 5.41) is 23.2. The Morgan fingerprint density at radius 2 is 2.32 bits per heavy atom. The van der Waals surface area contributed by atoms with Crippen LogP contribution in [0.1, 0.15) is 26.7 Å². The van der Waals surface area contributed by atoms with Crippen molar-refractivity contribution in [2.24, 2.45) is 0 Å². The van der Waals surface area contributed by atoms with Crippen molar-refractivity contribution >= 4 is 28.6 Å². The first-order valence-electron chi connectivity index (χ1n) is 6.60. The fourth-order valence-electron chi connectivity index (χ4n) is 2.12. The van der Waals surface area contributed by atoms with Crippen LogP contribution in [-0.2, 0) is 5.60 Å². The van der Waals surface area contributed by atoms with Gasteiger partial charge in [-0.25, -0.2) is 0 Å². The van der Waals surface area contributed by atoms with Gasteiger partial charge in [0, 0.05) is 16.5 Å². The van der Waals surface area contributed by atoms with Crippen LogP contribution in [0.25, 0.3) is 0 Å². The van der Waals surface area contributed by atoms with Crippen molar-refractivity contribution in [2.45, 2.75) is 12.5 Å². The Hall–Kier alpha value is -1.96. The number of thiophene rings is 2. The van der Waals surface area contributed by atoms with Gasteiger partial charge in [-0.1, -0.05) is 11.2 Å². The Balaban J connectivity index is 1.81. The number of nitrogens with zero attached hydrogens (tertiary/aromatic N) is 1. The summed E-state index contributed by atoms with van der Waals surface area (Å²) < 4.78 is 4.89. The van der Waals surface area contributed by atoms with Crippen molar-refractivity contribution in [3.8, 4) is 0 Å². The molecular formula is C15H14N2O3S2. The lowest BCUT2D eigenvalue weighted by atomic mass is 9.94. The second-order valence-electron chi connectivity index (χ2n) is 4.86. The molecule has 0 spiro atoms. The Morgan fingerprint density at radius 1 is 1.45 bits per heavy atom. The summed E-state index contributed by atoms with van der Waals surface area (Å²) in [7, 11) is 0. The highest BCUT2D eigenvalue weighted by molar-refractivity contribution is 7.10. The predicted octanol–water partition coefficient (Wildman–Crippen LogP) is 2.77. The number of aromatic nitrogens is 1. The Morgan fingerprint density at radius 3 is 2.91 bits per heavy atom. The highest BCUT2D eigenvalue weighted by Crippen LogP contribution is 2.33. The molecule has 2 N–H and O–H groups in total. The molecule has 0 aliphatic rings. The van der Waals surface area contributed by atoms with Gasteiger partial charge in [0.05, 0.1) is 6.54 Å². The molecule has 0 saturated heterocycles. The normalized spacial score (nSPS) is 13.7. The molecule has 0 bridgehead atoms. The number of rotatable bonds is 5. The summed E-state index contributed by atoms with van der Waals surface area (Å²) in [6.45, 7) is 1.78. The largest absolute Gasteiger partial charge is 0.378 e. The molecule has 0 radical (unpaired) electrons. The molecule has 0 aliphatic carbocycles. The van der Waals surface area contributed by atoms with Crippen LogP contribution in [-0.4, -0.2) is 22.7 Å². The van der Waals surface area contributed by atoms with Gasteiger partial charge in [-0.3, -0.25) is 4.79 Å². The van der Waals surface area contributed by atoms with E-state index in [1.807, 2.05) is 34.3 Å². The summed E-state index contributed by atoms with van der Waals surface area (Å²) in [6, 6.07) is 7.15. The zero-order valence-electron chi connectivity index (χ0n) is 11.8. The second-order valence-corrected chi connectivity index (χ2v) is 6.58. The number of amides is 1. The second kappa shape index (κ2) is 6.04. The maximum Gasteiger partial charge on any atom is 0.273 e. The molecule has 1 amide bonds. The molecule has 7 heteroatoms. The number of carbonyl (C=O) groups is 1. The molecule has 1 atom stereocenters. The molecule has 0 aromatic carbocycles. The van der Waals surface area contributed by atoms with Crippen molar-refractivity contribution in [3.05, 3.63) is 62.3 Å². The molecule has 114 valence electrons. The van der Waals surface area contributed by atoms with E-state index in [0.717, 1.165) is 10.4 Å². The summed E-state index contributed by atoms with van der Waals surface area (Å²) in [5.41, 5.74) is -0.282. The van der Waals surface area contributed by atoms with E-state index >= 15 is 0 Å². The molecule has 5 nitrogen and oxygen atoms in total. The number of nitrogens with one attached hydrogen (secondary N) is 1. The summed E-state index contributed by atoms with van der Waals surface area (Å²) in [6.07, 6.45) is 0. The molecule has 3 aromatic rings. The van der Waals surface area contributed by atoms with Gasteiger partial charge >= 0.3 is 0 Å². The van der Waals surface area contributed by atoms with Gasteiger partial charge in [0.15, 0.2) is 5.69 Å². The van der Waals surface area contributed by atoms with Crippen LogP contribution in [0.5, 0.6) is 0 Å². The van der Waals surface area contributed by atoms with Crippen molar-refractivity contribution in [1.29, 1.82) is 0 Å². The molecule has 0 fully saturated rings. The Bertz CT molecular complexity index is 713. The number of hydrogen-bond acceptors (Lipinski definition) is 6. The van der Waals surface area contributed by atoms with Gasteiger partial charge < -0.3 is 14.9 Å². The van der Waals surface area contributed by atoms with Crippen LogP contribution in [0.15, 0.2) is 44.9 Å².